The maximum atomic E-state index is 12.8. The number of quaternary nitrogens is 1. The fourth-order valence-electron chi connectivity index (χ4n) is 6.30. The predicted molar refractivity (Wildman–Crippen MR) is 238 cm³/mol. The zero-order valence-corrected chi connectivity index (χ0v) is 38.0. The summed E-state index contributed by atoms with van der Waals surface area (Å²) in [5.41, 5.74) is 0. The third-order valence-electron chi connectivity index (χ3n) is 9.97. The Hall–Kier alpha value is -1.54. The third kappa shape index (κ3) is 40.6. The number of aliphatic hydroxyl groups is 1. The molecule has 0 aromatic carbocycles. The normalized spacial score (nSPS) is 14.8. The molecule has 3 unspecified atom stereocenters. The van der Waals surface area contributed by atoms with Crippen LogP contribution in [0.1, 0.15) is 194 Å². The molecule has 0 aromatic heterocycles. The monoisotopic (exact) mass is 809 g/mol. The summed E-state index contributed by atoms with van der Waals surface area (Å²) in [6, 6.07) is -0.910. The van der Waals surface area contributed by atoms with Gasteiger partial charge < -0.3 is 28.8 Å². The number of nitrogens with zero attached hydrogens (tertiary/aromatic N) is 1. The molecule has 0 bridgehead atoms. The van der Waals surface area contributed by atoms with Gasteiger partial charge in [-0.25, -0.2) is 0 Å². The molecule has 0 saturated heterocycles. The van der Waals surface area contributed by atoms with Crippen molar-refractivity contribution in [2.45, 2.75) is 206 Å². The zero-order valence-electron chi connectivity index (χ0n) is 37.1. The van der Waals surface area contributed by atoms with Crippen molar-refractivity contribution >= 4 is 13.7 Å². The van der Waals surface area contributed by atoms with Crippen LogP contribution in [0, 0.1) is 0 Å². The minimum Gasteiger partial charge on any atom is -0.756 e. The maximum absolute atomic E-state index is 12.8. The number of unbranched alkanes of at least 4 members (excludes halogenated alkanes) is 22. The molecule has 0 radical (unpaired) electrons. The summed E-state index contributed by atoms with van der Waals surface area (Å²) in [4.78, 5) is 25.3. The highest BCUT2D eigenvalue weighted by Gasteiger charge is 2.23. The summed E-state index contributed by atoms with van der Waals surface area (Å²) in [5, 5.41) is 13.7. The molecule has 0 aromatic rings. The van der Waals surface area contributed by atoms with Gasteiger partial charge in [0.25, 0.3) is 7.82 Å². The number of phosphoric acid groups is 1. The smallest absolute Gasteiger partial charge is 0.268 e. The highest BCUT2D eigenvalue weighted by atomic mass is 31.2. The second-order valence-corrected chi connectivity index (χ2v) is 18.1. The van der Waals surface area contributed by atoms with Crippen LogP contribution >= 0.6 is 7.82 Å². The lowest BCUT2D eigenvalue weighted by molar-refractivity contribution is -0.870. The van der Waals surface area contributed by atoms with Crippen LogP contribution < -0.4 is 10.2 Å². The Morgan fingerprint density at radius 2 is 1.04 bits per heavy atom. The van der Waals surface area contributed by atoms with Crippen LogP contribution in [0.5, 0.6) is 0 Å². The van der Waals surface area contributed by atoms with Crippen LogP contribution in [0.2, 0.25) is 0 Å². The van der Waals surface area contributed by atoms with Crippen molar-refractivity contribution in [1.82, 2.24) is 5.32 Å². The number of rotatable bonds is 41. The van der Waals surface area contributed by atoms with Crippen LogP contribution in [-0.2, 0) is 18.4 Å². The first-order valence-corrected chi connectivity index (χ1v) is 24.5. The molecule has 0 fully saturated rings. The predicted octanol–water partition coefficient (Wildman–Crippen LogP) is 12.2. The quantitative estimate of drug-likeness (QED) is 0.0276. The number of carbonyl (C=O) groups excluding carboxylic acids is 1. The lowest BCUT2D eigenvalue weighted by Crippen LogP contribution is -2.45. The molecular formula is C47H89N2O6P. The molecule has 0 aliphatic rings. The van der Waals surface area contributed by atoms with E-state index in [9.17, 15) is 19.4 Å². The maximum Gasteiger partial charge on any atom is 0.268 e. The first kappa shape index (κ1) is 54.5. The standard InChI is InChI=1S/C47H89N2O6P/c1-6-8-10-12-14-16-18-19-20-21-22-23-24-25-26-27-28-29-31-33-35-37-39-41-47(51)48-45(44-55-56(52,53)54-43-42-49(3,4)5)46(50)40-38-36-34-32-30-17-15-13-11-9-7-2/h11,13,25-26,30,32,38,40,45-46,50H,6-10,12,14-24,27-29,31,33-37,39,41-44H2,1-5H3,(H-,48,51,52,53)/b13-11+,26-25-,32-30+,40-38+. The Balaban J connectivity index is 4.29. The van der Waals surface area contributed by atoms with Gasteiger partial charge in [-0.1, -0.05) is 172 Å². The molecule has 0 aliphatic heterocycles. The Morgan fingerprint density at radius 3 is 1.52 bits per heavy atom. The van der Waals surface area contributed by atoms with Crippen molar-refractivity contribution in [3.05, 3.63) is 48.6 Å². The van der Waals surface area contributed by atoms with Crippen LogP contribution in [0.15, 0.2) is 48.6 Å². The lowest BCUT2D eigenvalue weighted by atomic mass is 10.0. The van der Waals surface area contributed by atoms with Crippen molar-refractivity contribution in [1.29, 1.82) is 0 Å². The van der Waals surface area contributed by atoms with Crippen LogP contribution in [0.25, 0.3) is 0 Å². The van der Waals surface area contributed by atoms with Crippen molar-refractivity contribution in [2.24, 2.45) is 0 Å². The van der Waals surface area contributed by atoms with Crippen LogP contribution in [0.3, 0.4) is 0 Å². The molecule has 8 nitrogen and oxygen atoms in total. The molecule has 0 aliphatic carbocycles. The highest BCUT2D eigenvalue weighted by molar-refractivity contribution is 7.45. The summed E-state index contributed by atoms with van der Waals surface area (Å²) < 4.78 is 23.1. The van der Waals surface area contributed by atoms with Crippen LogP contribution in [0.4, 0.5) is 0 Å². The van der Waals surface area contributed by atoms with Crippen LogP contribution in [-0.4, -0.2) is 68.5 Å². The van der Waals surface area contributed by atoms with Crippen molar-refractivity contribution in [2.75, 3.05) is 40.9 Å². The molecule has 0 rings (SSSR count). The number of hydrogen-bond donors (Lipinski definition) is 2. The van der Waals surface area contributed by atoms with E-state index in [4.69, 9.17) is 9.05 Å². The summed E-state index contributed by atoms with van der Waals surface area (Å²) in [7, 11) is 1.23. The van der Waals surface area contributed by atoms with E-state index in [0.717, 1.165) is 51.4 Å². The van der Waals surface area contributed by atoms with E-state index in [-0.39, 0.29) is 12.5 Å². The Bertz CT molecular complexity index is 1050. The van der Waals surface area contributed by atoms with Crippen molar-refractivity contribution < 1.29 is 32.9 Å². The molecule has 0 heterocycles. The number of nitrogens with one attached hydrogen (secondary N) is 1. The third-order valence-corrected chi connectivity index (χ3v) is 10.9. The first-order chi connectivity index (χ1) is 27.0. The van der Waals surface area contributed by atoms with Gasteiger partial charge in [0.1, 0.15) is 13.2 Å². The number of hydrogen-bond acceptors (Lipinski definition) is 6. The SMILES string of the molecule is CCC/C=C/CC/C=C/CC/C=C/C(O)C(COP(=O)([O-])OCC[N+](C)(C)C)NC(=O)CCCCCCCCC/C=C\CCCCCCCCCCCCCC. The molecule has 1 amide bonds. The summed E-state index contributed by atoms with van der Waals surface area (Å²) in [6.45, 7) is 4.53. The van der Waals surface area contributed by atoms with Gasteiger partial charge in [-0.05, 0) is 64.2 Å². The number of phosphoric ester groups is 1. The minimum atomic E-state index is -4.60. The number of amides is 1. The van der Waals surface area contributed by atoms with Gasteiger partial charge in [0.05, 0.1) is 39.9 Å². The van der Waals surface area contributed by atoms with E-state index in [0.29, 0.717) is 17.4 Å². The van der Waals surface area contributed by atoms with E-state index < -0.39 is 26.6 Å². The number of aliphatic hydroxyl groups excluding tert-OH is 1. The summed E-state index contributed by atoms with van der Waals surface area (Å²) >= 11 is 0. The highest BCUT2D eigenvalue weighted by Crippen LogP contribution is 2.38. The molecule has 3 atom stereocenters. The van der Waals surface area contributed by atoms with Crippen molar-refractivity contribution in [3.8, 4) is 0 Å². The van der Waals surface area contributed by atoms with Crippen molar-refractivity contribution in [3.63, 3.8) is 0 Å². The summed E-state index contributed by atoms with van der Waals surface area (Å²) in [6.07, 6.45) is 48.9. The topological polar surface area (TPSA) is 108 Å². The molecule has 0 spiro atoms. The van der Waals surface area contributed by atoms with E-state index >= 15 is 0 Å². The lowest BCUT2D eigenvalue weighted by Gasteiger charge is -2.29. The fraction of sp³-hybridized carbons (Fsp3) is 0.809. The molecule has 56 heavy (non-hydrogen) atoms. The Kier molecular flexibility index (Phi) is 37.9. The number of allylic oxidation sites excluding steroid dienone is 7. The Morgan fingerprint density at radius 1 is 0.607 bits per heavy atom. The van der Waals surface area contributed by atoms with Gasteiger partial charge in [0.2, 0.25) is 5.91 Å². The van der Waals surface area contributed by atoms with Gasteiger partial charge >= 0.3 is 0 Å². The fourth-order valence-corrected chi connectivity index (χ4v) is 7.03. The van der Waals surface area contributed by atoms with E-state index in [1.165, 1.54) is 122 Å². The summed E-state index contributed by atoms with van der Waals surface area (Å²) in [5.74, 6) is -0.219. The van der Waals surface area contributed by atoms with E-state index in [1.54, 1.807) is 6.08 Å². The zero-order chi connectivity index (χ0) is 41.4. The van der Waals surface area contributed by atoms with Gasteiger partial charge in [-0.15, -0.1) is 0 Å². The molecule has 2 N–H and O–H groups in total. The van der Waals surface area contributed by atoms with E-state index in [2.05, 4.69) is 55.6 Å². The largest absolute Gasteiger partial charge is 0.756 e. The second-order valence-electron chi connectivity index (χ2n) is 16.7. The van der Waals surface area contributed by atoms with E-state index in [1.807, 2.05) is 27.2 Å². The average Bonchev–Trinajstić information content (AvgIpc) is 3.15. The van der Waals surface area contributed by atoms with Gasteiger partial charge in [0, 0.05) is 6.42 Å². The van der Waals surface area contributed by atoms with Gasteiger partial charge in [-0.2, -0.15) is 0 Å². The number of carbonyl (C=O) groups is 1. The molecule has 0 saturated carbocycles. The van der Waals surface area contributed by atoms with Gasteiger partial charge in [-0.3, -0.25) is 9.36 Å². The number of likely N-dealkylation sites (N-methyl/N-ethyl adjacent to an activating group) is 1. The Labute approximate surface area is 346 Å². The van der Waals surface area contributed by atoms with Gasteiger partial charge in [0.15, 0.2) is 0 Å². The molecule has 328 valence electrons. The molecule has 9 heteroatoms. The molecular weight excluding hydrogens is 719 g/mol. The second kappa shape index (κ2) is 38.9. The average molecular weight is 809 g/mol. The minimum absolute atomic E-state index is 0.0110. The first-order valence-electron chi connectivity index (χ1n) is 23.0.